The predicted octanol–water partition coefficient (Wildman–Crippen LogP) is 2.43. The molecule has 0 saturated carbocycles. The number of urea groups is 1. The lowest BCUT2D eigenvalue weighted by atomic mass is 10.0. The van der Waals surface area contributed by atoms with Crippen LogP contribution in [-0.2, 0) is 16.0 Å². The zero-order chi connectivity index (χ0) is 22.2. The van der Waals surface area contributed by atoms with Crippen molar-refractivity contribution in [1.29, 1.82) is 0 Å². The number of ether oxygens (including phenoxy) is 2. The van der Waals surface area contributed by atoms with Crippen molar-refractivity contribution in [1.82, 2.24) is 15.2 Å². The van der Waals surface area contributed by atoms with Crippen LogP contribution in [0.2, 0.25) is 0 Å². The van der Waals surface area contributed by atoms with Crippen LogP contribution in [0.1, 0.15) is 12.5 Å². The van der Waals surface area contributed by atoms with Gasteiger partial charge >= 0.3 is 6.03 Å². The van der Waals surface area contributed by atoms with E-state index in [1.165, 1.54) is 6.92 Å². The van der Waals surface area contributed by atoms with Gasteiger partial charge in [0, 0.05) is 35.3 Å². The lowest BCUT2D eigenvalue weighted by Crippen LogP contribution is -2.46. The van der Waals surface area contributed by atoms with E-state index < -0.39 is 29.9 Å². The van der Waals surface area contributed by atoms with Gasteiger partial charge in [-0.15, -0.1) is 0 Å². The Morgan fingerprint density at radius 3 is 2.78 bits per heavy atom. The molecule has 4 amide bonds. The van der Waals surface area contributed by atoms with Gasteiger partial charge in [-0.05, 0) is 30.7 Å². The number of aromatic amines is 1. The summed E-state index contributed by atoms with van der Waals surface area (Å²) >= 11 is 0. The van der Waals surface area contributed by atoms with E-state index in [-0.39, 0.29) is 0 Å². The van der Waals surface area contributed by atoms with Crippen LogP contribution in [0.5, 0.6) is 11.5 Å². The number of imide groups is 1. The third-order valence-corrected chi connectivity index (χ3v) is 5.73. The molecule has 0 radical (unpaired) electrons. The second-order valence-corrected chi connectivity index (χ2v) is 7.80. The molecule has 0 aliphatic carbocycles. The first-order valence-corrected chi connectivity index (χ1v) is 10.4. The quantitative estimate of drug-likeness (QED) is 0.534. The highest BCUT2D eigenvalue weighted by Gasteiger charge is 2.43. The summed E-state index contributed by atoms with van der Waals surface area (Å²) in [5.74, 6) is 0.245. The average molecular weight is 434 g/mol. The molecule has 3 heterocycles. The van der Waals surface area contributed by atoms with E-state index in [4.69, 9.17) is 9.47 Å². The van der Waals surface area contributed by atoms with Crippen molar-refractivity contribution in [3.05, 3.63) is 54.2 Å². The minimum atomic E-state index is -0.983. The summed E-state index contributed by atoms with van der Waals surface area (Å²) in [5, 5.41) is 6.44. The monoisotopic (exact) mass is 434 g/mol. The van der Waals surface area contributed by atoms with Crippen molar-refractivity contribution < 1.29 is 23.9 Å². The first kappa shape index (κ1) is 19.9. The number of benzene rings is 2. The number of amides is 4. The first-order valence-electron chi connectivity index (χ1n) is 10.4. The van der Waals surface area contributed by atoms with Crippen LogP contribution in [0.3, 0.4) is 0 Å². The molecule has 9 nitrogen and oxygen atoms in total. The van der Waals surface area contributed by atoms with Gasteiger partial charge in [-0.25, -0.2) is 4.79 Å². The summed E-state index contributed by atoms with van der Waals surface area (Å²) in [6.07, 6.45) is 2.17. The molecule has 32 heavy (non-hydrogen) atoms. The molecule has 2 aromatic carbocycles. The zero-order valence-corrected chi connectivity index (χ0v) is 17.4. The van der Waals surface area contributed by atoms with E-state index in [9.17, 15) is 14.4 Å². The Hall–Kier alpha value is -4.01. The smallest absolute Gasteiger partial charge is 0.325 e. The molecule has 0 spiro atoms. The van der Waals surface area contributed by atoms with Crippen molar-refractivity contribution in [2.24, 2.45) is 0 Å². The molecule has 2 aliphatic heterocycles. The average Bonchev–Trinajstić information content (AvgIpc) is 3.33. The second-order valence-electron chi connectivity index (χ2n) is 7.80. The van der Waals surface area contributed by atoms with Gasteiger partial charge in [-0.1, -0.05) is 18.2 Å². The van der Waals surface area contributed by atoms with Crippen LogP contribution in [-0.4, -0.2) is 53.0 Å². The fourth-order valence-electron chi connectivity index (χ4n) is 4.06. The summed E-state index contributed by atoms with van der Waals surface area (Å²) < 4.78 is 11.0. The van der Waals surface area contributed by atoms with Crippen molar-refractivity contribution in [3.63, 3.8) is 0 Å². The van der Waals surface area contributed by atoms with Crippen LogP contribution >= 0.6 is 0 Å². The zero-order valence-electron chi connectivity index (χ0n) is 17.4. The number of H-pyrrole nitrogens is 1. The number of anilines is 1. The predicted molar refractivity (Wildman–Crippen MR) is 117 cm³/mol. The minimum absolute atomic E-state index is 0.335. The molecular weight excluding hydrogens is 412 g/mol. The molecule has 3 N–H and O–H groups in total. The number of fused-ring (bicyclic) bond motifs is 2. The van der Waals surface area contributed by atoms with Gasteiger partial charge in [0.1, 0.15) is 25.3 Å². The molecule has 2 aliphatic rings. The van der Waals surface area contributed by atoms with Crippen LogP contribution in [0, 0.1) is 0 Å². The minimum Gasteiger partial charge on any atom is -0.486 e. The molecule has 1 aromatic heterocycles. The molecule has 0 unspecified atom stereocenters. The van der Waals surface area contributed by atoms with Gasteiger partial charge in [0.25, 0.3) is 5.91 Å². The highest BCUT2D eigenvalue weighted by atomic mass is 16.6. The van der Waals surface area contributed by atoms with E-state index >= 15 is 0 Å². The van der Waals surface area contributed by atoms with Crippen LogP contribution in [0.15, 0.2) is 48.7 Å². The van der Waals surface area contributed by atoms with Gasteiger partial charge in [0.15, 0.2) is 11.5 Å². The topological polar surface area (TPSA) is 113 Å². The molecule has 5 rings (SSSR count). The van der Waals surface area contributed by atoms with Crippen molar-refractivity contribution in [2.75, 3.05) is 18.5 Å². The fraction of sp³-hybridized carbons (Fsp3) is 0.261. The summed E-state index contributed by atoms with van der Waals surface area (Å²) in [4.78, 5) is 42.5. The molecule has 1 fully saturated rings. The summed E-state index contributed by atoms with van der Waals surface area (Å²) in [6, 6.07) is 10.5. The highest BCUT2D eigenvalue weighted by Crippen LogP contribution is 2.32. The van der Waals surface area contributed by atoms with Crippen molar-refractivity contribution in [2.45, 2.75) is 25.4 Å². The molecule has 1 saturated heterocycles. The number of nitrogens with zero attached hydrogens (tertiary/aromatic N) is 1. The summed E-state index contributed by atoms with van der Waals surface area (Å²) in [6.45, 7) is 2.43. The molecule has 0 bridgehead atoms. The molecule has 164 valence electrons. The number of carbonyl (C=O) groups is 3. The number of rotatable bonds is 5. The Kier molecular flexibility index (Phi) is 4.93. The molecule has 3 aromatic rings. The van der Waals surface area contributed by atoms with Crippen molar-refractivity contribution >= 4 is 34.4 Å². The highest BCUT2D eigenvalue weighted by molar-refractivity contribution is 6.09. The van der Waals surface area contributed by atoms with Gasteiger partial charge in [-0.3, -0.25) is 14.5 Å². The standard InChI is InChI=1S/C23H22N4O5/c1-13(21(28)25-15-6-7-19-20(11-15)32-9-8-31-19)27-22(29)18(26-23(27)30)10-14-12-24-17-5-3-2-4-16(14)17/h2-7,11-13,18,24H,8-10H2,1H3,(H,25,28)(H,26,30)/t13-,18-/m0/s1. The van der Waals surface area contributed by atoms with E-state index in [1.54, 1.807) is 18.2 Å². The molecule has 2 atom stereocenters. The maximum absolute atomic E-state index is 13.0. The second kappa shape index (κ2) is 7.92. The van der Waals surface area contributed by atoms with Gasteiger partial charge < -0.3 is 25.1 Å². The molecule has 9 heteroatoms. The van der Waals surface area contributed by atoms with E-state index in [1.807, 2.05) is 30.5 Å². The molecular formula is C23H22N4O5. The Morgan fingerprint density at radius 1 is 1.16 bits per heavy atom. The Balaban J connectivity index is 1.28. The largest absolute Gasteiger partial charge is 0.486 e. The number of hydrogen-bond acceptors (Lipinski definition) is 5. The number of aromatic nitrogens is 1. The van der Waals surface area contributed by atoms with Crippen LogP contribution in [0.4, 0.5) is 10.5 Å². The Morgan fingerprint density at radius 2 is 1.94 bits per heavy atom. The number of nitrogens with one attached hydrogen (secondary N) is 3. The maximum Gasteiger partial charge on any atom is 0.325 e. The van der Waals surface area contributed by atoms with E-state index in [0.29, 0.717) is 36.8 Å². The summed E-state index contributed by atoms with van der Waals surface area (Å²) in [7, 11) is 0. The third-order valence-electron chi connectivity index (χ3n) is 5.73. The number of hydrogen-bond donors (Lipinski definition) is 3. The first-order chi connectivity index (χ1) is 15.5. The van der Waals surface area contributed by atoms with Gasteiger partial charge in [0.2, 0.25) is 5.91 Å². The Labute approximate surface area is 183 Å². The van der Waals surface area contributed by atoms with Crippen molar-refractivity contribution in [3.8, 4) is 11.5 Å². The number of para-hydroxylation sites is 1. The van der Waals surface area contributed by atoms with Gasteiger partial charge in [0.05, 0.1) is 0 Å². The van der Waals surface area contributed by atoms with Gasteiger partial charge in [-0.2, -0.15) is 0 Å². The van der Waals surface area contributed by atoms with Crippen LogP contribution < -0.4 is 20.1 Å². The van der Waals surface area contributed by atoms with E-state index in [0.717, 1.165) is 21.4 Å². The SMILES string of the molecule is C[C@@H](C(=O)Nc1ccc2c(c1)OCCO2)N1C(=O)N[C@@H](Cc2c[nH]c3ccccc23)C1=O. The fourth-order valence-corrected chi connectivity index (χ4v) is 4.06. The number of carbonyl (C=O) groups excluding carboxylic acids is 3. The lowest BCUT2D eigenvalue weighted by Gasteiger charge is -2.22. The Bertz CT molecular complexity index is 1220. The van der Waals surface area contributed by atoms with E-state index in [2.05, 4.69) is 15.6 Å². The normalized spacial score (nSPS) is 18.5. The lowest BCUT2D eigenvalue weighted by molar-refractivity contribution is -0.133. The third kappa shape index (κ3) is 3.51. The summed E-state index contributed by atoms with van der Waals surface area (Å²) in [5.41, 5.74) is 2.38. The van der Waals surface area contributed by atoms with Crippen LogP contribution in [0.25, 0.3) is 10.9 Å². The maximum atomic E-state index is 13.0.